The van der Waals surface area contributed by atoms with Gasteiger partial charge in [0.15, 0.2) is 0 Å². The van der Waals surface area contributed by atoms with Gasteiger partial charge in [0.2, 0.25) is 0 Å². The van der Waals surface area contributed by atoms with Gasteiger partial charge in [-0.05, 0) is 56.4 Å². The van der Waals surface area contributed by atoms with Crippen LogP contribution in [0.3, 0.4) is 0 Å². The van der Waals surface area contributed by atoms with Gasteiger partial charge in [-0.1, -0.05) is 19.8 Å². The molecular weight excluding hydrogens is 210 g/mol. The second kappa shape index (κ2) is 5.27. The highest BCUT2D eigenvalue weighted by molar-refractivity contribution is 4.93. The van der Waals surface area contributed by atoms with Gasteiger partial charge in [0, 0.05) is 12.6 Å². The largest absolute Gasteiger partial charge is 0.376 e. The fraction of sp³-hybridized carbons (Fsp3) is 1.00. The quantitative estimate of drug-likeness (QED) is 0.811. The number of nitrogens with one attached hydrogen (secondary N) is 1. The zero-order chi connectivity index (χ0) is 11.7. The lowest BCUT2D eigenvalue weighted by molar-refractivity contribution is 0.0796. The van der Waals surface area contributed by atoms with Gasteiger partial charge in [-0.3, -0.25) is 0 Å². The molecule has 98 valence electrons. The van der Waals surface area contributed by atoms with Gasteiger partial charge in [-0.2, -0.15) is 0 Å². The predicted octanol–water partition coefficient (Wildman–Crippen LogP) is 2.97. The number of hydrogen-bond acceptors (Lipinski definition) is 2. The first-order valence-electron chi connectivity index (χ1n) is 7.68. The third kappa shape index (κ3) is 3.03. The molecule has 1 aliphatic heterocycles. The van der Waals surface area contributed by atoms with Crippen LogP contribution in [0.5, 0.6) is 0 Å². The van der Waals surface area contributed by atoms with Gasteiger partial charge in [0.1, 0.15) is 0 Å². The third-order valence-electron chi connectivity index (χ3n) is 4.94. The maximum atomic E-state index is 5.89. The van der Waals surface area contributed by atoms with Crippen LogP contribution in [0.25, 0.3) is 0 Å². The van der Waals surface area contributed by atoms with Gasteiger partial charge in [0.25, 0.3) is 0 Å². The molecule has 17 heavy (non-hydrogen) atoms. The van der Waals surface area contributed by atoms with E-state index in [1.807, 2.05) is 0 Å². The van der Waals surface area contributed by atoms with E-state index in [1.54, 1.807) is 0 Å². The highest BCUT2D eigenvalue weighted by Crippen LogP contribution is 2.39. The van der Waals surface area contributed by atoms with Crippen molar-refractivity contribution < 1.29 is 4.74 Å². The van der Waals surface area contributed by atoms with Crippen molar-refractivity contribution in [1.29, 1.82) is 0 Å². The minimum absolute atomic E-state index is 0.552. The second-order valence-electron chi connectivity index (χ2n) is 6.61. The standard InChI is InChI=1S/C15H27NO/c1-11-3-2-4-12(9-11)10-16-14-7-8-17-15(14)13-5-6-13/h11-16H,2-10H2,1H3. The van der Waals surface area contributed by atoms with Crippen LogP contribution in [-0.4, -0.2) is 25.3 Å². The van der Waals surface area contributed by atoms with E-state index in [-0.39, 0.29) is 0 Å². The Morgan fingerprint density at radius 2 is 2.00 bits per heavy atom. The molecule has 1 heterocycles. The summed E-state index contributed by atoms with van der Waals surface area (Å²) in [7, 11) is 0. The molecule has 4 unspecified atom stereocenters. The van der Waals surface area contributed by atoms with Gasteiger partial charge in [0.05, 0.1) is 6.10 Å². The minimum Gasteiger partial charge on any atom is -0.376 e. The van der Waals surface area contributed by atoms with Crippen molar-refractivity contribution in [2.45, 2.75) is 64.0 Å². The van der Waals surface area contributed by atoms with E-state index in [0.29, 0.717) is 12.1 Å². The van der Waals surface area contributed by atoms with Crippen molar-refractivity contribution >= 4 is 0 Å². The summed E-state index contributed by atoms with van der Waals surface area (Å²) in [5.41, 5.74) is 0. The van der Waals surface area contributed by atoms with Gasteiger partial charge >= 0.3 is 0 Å². The van der Waals surface area contributed by atoms with E-state index in [1.165, 1.54) is 51.5 Å². The summed E-state index contributed by atoms with van der Waals surface area (Å²) in [5, 5.41) is 3.82. The summed E-state index contributed by atoms with van der Waals surface area (Å²) >= 11 is 0. The Bertz CT molecular complexity index is 251. The summed E-state index contributed by atoms with van der Waals surface area (Å²) in [5.74, 6) is 2.77. The van der Waals surface area contributed by atoms with E-state index in [0.717, 1.165) is 24.4 Å². The van der Waals surface area contributed by atoms with Crippen LogP contribution in [-0.2, 0) is 4.74 Å². The Labute approximate surface area is 105 Å². The van der Waals surface area contributed by atoms with Crippen molar-refractivity contribution in [3.63, 3.8) is 0 Å². The molecule has 0 amide bonds. The van der Waals surface area contributed by atoms with Crippen LogP contribution in [0.1, 0.15) is 51.9 Å². The first-order chi connectivity index (χ1) is 8.33. The Morgan fingerprint density at radius 3 is 2.76 bits per heavy atom. The fourth-order valence-corrected chi connectivity index (χ4v) is 3.78. The van der Waals surface area contributed by atoms with E-state index in [4.69, 9.17) is 4.74 Å². The maximum absolute atomic E-state index is 5.89. The third-order valence-corrected chi connectivity index (χ3v) is 4.94. The smallest absolute Gasteiger partial charge is 0.0756 e. The molecule has 3 aliphatic rings. The molecule has 0 radical (unpaired) electrons. The highest BCUT2D eigenvalue weighted by atomic mass is 16.5. The molecule has 1 saturated heterocycles. The molecule has 1 N–H and O–H groups in total. The lowest BCUT2D eigenvalue weighted by Crippen LogP contribution is -2.40. The van der Waals surface area contributed by atoms with Crippen LogP contribution in [0, 0.1) is 17.8 Å². The molecule has 0 bridgehead atoms. The molecule has 0 spiro atoms. The van der Waals surface area contributed by atoms with Gasteiger partial charge in [-0.25, -0.2) is 0 Å². The Kier molecular flexibility index (Phi) is 3.72. The predicted molar refractivity (Wildman–Crippen MR) is 70.0 cm³/mol. The average molecular weight is 237 g/mol. The topological polar surface area (TPSA) is 21.3 Å². The van der Waals surface area contributed by atoms with Gasteiger partial charge in [-0.15, -0.1) is 0 Å². The van der Waals surface area contributed by atoms with Crippen LogP contribution in [0.15, 0.2) is 0 Å². The zero-order valence-corrected chi connectivity index (χ0v) is 11.2. The Balaban J connectivity index is 1.43. The molecule has 3 rings (SSSR count). The van der Waals surface area contributed by atoms with E-state index in [9.17, 15) is 0 Å². The molecule has 2 heteroatoms. The van der Waals surface area contributed by atoms with Gasteiger partial charge < -0.3 is 10.1 Å². The summed E-state index contributed by atoms with van der Waals surface area (Å²) in [4.78, 5) is 0. The van der Waals surface area contributed by atoms with Crippen LogP contribution in [0.2, 0.25) is 0 Å². The Hall–Kier alpha value is -0.0800. The average Bonchev–Trinajstić information content (AvgIpc) is 3.06. The molecule has 0 aromatic heterocycles. The van der Waals surface area contributed by atoms with E-state index >= 15 is 0 Å². The first-order valence-corrected chi connectivity index (χ1v) is 7.68. The molecule has 2 aliphatic carbocycles. The number of hydrogen-bond donors (Lipinski definition) is 1. The molecule has 3 fully saturated rings. The highest BCUT2D eigenvalue weighted by Gasteiger charge is 2.40. The van der Waals surface area contributed by atoms with Crippen molar-refractivity contribution in [3.8, 4) is 0 Å². The summed E-state index contributed by atoms with van der Waals surface area (Å²) in [6.07, 6.45) is 10.4. The molecule has 4 atom stereocenters. The molecule has 2 nitrogen and oxygen atoms in total. The normalized spacial score (nSPS) is 42.9. The summed E-state index contributed by atoms with van der Waals surface area (Å²) in [6.45, 7) is 4.64. The lowest BCUT2D eigenvalue weighted by Gasteiger charge is -2.29. The first kappa shape index (κ1) is 12.0. The van der Waals surface area contributed by atoms with E-state index < -0.39 is 0 Å². The second-order valence-corrected chi connectivity index (χ2v) is 6.61. The van der Waals surface area contributed by atoms with Crippen LogP contribution < -0.4 is 5.32 Å². The van der Waals surface area contributed by atoms with Crippen molar-refractivity contribution in [1.82, 2.24) is 5.32 Å². The maximum Gasteiger partial charge on any atom is 0.0756 e. The fourth-order valence-electron chi connectivity index (χ4n) is 3.78. The SMILES string of the molecule is CC1CCCC(CNC2CCOC2C2CC2)C1. The minimum atomic E-state index is 0.552. The van der Waals surface area contributed by atoms with Crippen LogP contribution >= 0.6 is 0 Å². The molecule has 0 aromatic carbocycles. The number of rotatable bonds is 4. The Morgan fingerprint density at radius 1 is 1.12 bits per heavy atom. The zero-order valence-electron chi connectivity index (χ0n) is 11.2. The lowest BCUT2D eigenvalue weighted by atomic mass is 9.82. The van der Waals surface area contributed by atoms with Crippen molar-refractivity contribution in [2.75, 3.05) is 13.2 Å². The monoisotopic (exact) mass is 237 g/mol. The number of ether oxygens (including phenoxy) is 1. The van der Waals surface area contributed by atoms with Crippen molar-refractivity contribution in [2.24, 2.45) is 17.8 Å². The summed E-state index contributed by atoms with van der Waals surface area (Å²) in [6, 6.07) is 0.666. The molecule has 0 aromatic rings. The molecular formula is C15H27NO. The van der Waals surface area contributed by atoms with Crippen LogP contribution in [0.4, 0.5) is 0 Å². The van der Waals surface area contributed by atoms with E-state index in [2.05, 4.69) is 12.2 Å². The summed E-state index contributed by atoms with van der Waals surface area (Å²) < 4.78 is 5.89. The molecule has 2 saturated carbocycles. The van der Waals surface area contributed by atoms with Crippen molar-refractivity contribution in [3.05, 3.63) is 0 Å².